The summed E-state index contributed by atoms with van der Waals surface area (Å²) in [6.45, 7) is 4.37. The number of carbonyl (C=O) groups excluding carboxylic acids is 1. The summed E-state index contributed by atoms with van der Waals surface area (Å²) in [4.78, 5) is 18.7. The van der Waals surface area contributed by atoms with E-state index in [1.165, 1.54) is 18.5 Å². The van der Waals surface area contributed by atoms with E-state index >= 15 is 0 Å². The van der Waals surface area contributed by atoms with E-state index in [1.807, 2.05) is 36.4 Å². The molecule has 0 aliphatic carbocycles. The number of para-hydroxylation sites is 2. The lowest BCUT2D eigenvalue weighted by Crippen LogP contribution is -2.39. The van der Waals surface area contributed by atoms with Gasteiger partial charge in [0.05, 0.1) is 31.1 Å². The first-order valence-electron chi connectivity index (χ1n) is 10.4. The van der Waals surface area contributed by atoms with Crippen LogP contribution in [-0.2, 0) is 16.1 Å². The molecule has 2 fully saturated rings. The summed E-state index contributed by atoms with van der Waals surface area (Å²) in [5.74, 6) is -0.519. The number of rotatable bonds is 6. The second kappa shape index (κ2) is 9.27. The zero-order valence-electron chi connectivity index (χ0n) is 16.7. The maximum absolute atomic E-state index is 13.4. The molecule has 0 saturated carbocycles. The number of alkyl halides is 1. The van der Waals surface area contributed by atoms with Gasteiger partial charge in [-0.2, -0.15) is 0 Å². The number of benzene rings is 2. The van der Waals surface area contributed by atoms with Crippen LogP contribution < -0.4 is 14.7 Å². The van der Waals surface area contributed by atoms with Crippen molar-refractivity contribution in [2.24, 2.45) is 0 Å². The van der Waals surface area contributed by atoms with Gasteiger partial charge in [0.15, 0.2) is 6.67 Å². The first kappa shape index (κ1) is 19.7. The van der Waals surface area contributed by atoms with E-state index in [-0.39, 0.29) is 0 Å². The highest BCUT2D eigenvalue weighted by molar-refractivity contribution is 5.97. The number of amides is 1. The largest absolute Gasteiger partial charge is 0.378 e. The van der Waals surface area contributed by atoms with Crippen LogP contribution in [0, 0.1) is 0 Å². The molecule has 4 rings (SSSR count). The van der Waals surface area contributed by atoms with Gasteiger partial charge in [-0.3, -0.25) is 4.79 Å². The zero-order valence-corrected chi connectivity index (χ0v) is 16.7. The highest BCUT2D eigenvalue weighted by Gasteiger charge is 2.23. The molecule has 0 bridgehead atoms. The third kappa shape index (κ3) is 4.53. The fraction of sp³-hybridized carbons (Fsp3) is 0.435. The number of anilines is 3. The third-order valence-electron chi connectivity index (χ3n) is 5.69. The number of carbonyl (C=O) groups is 1. The van der Waals surface area contributed by atoms with Gasteiger partial charge in [0, 0.05) is 31.9 Å². The van der Waals surface area contributed by atoms with Crippen LogP contribution in [0.4, 0.5) is 21.5 Å². The monoisotopic (exact) mass is 397 g/mol. The van der Waals surface area contributed by atoms with E-state index in [9.17, 15) is 9.18 Å². The Morgan fingerprint density at radius 3 is 2.31 bits per heavy atom. The Hall–Kier alpha value is -2.60. The van der Waals surface area contributed by atoms with E-state index in [1.54, 1.807) is 4.90 Å². The molecule has 5 nitrogen and oxygen atoms in total. The summed E-state index contributed by atoms with van der Waals surface area (Å²) in [5, 5.41) is 0. The second-order valence-corrected chi connectivity index (χ2v) is 7.56. The van der Waals surface area contributed by atoms with E-state index in [0.29, 0.717) is 19.8 Å². The van der Waals surface area contributed by atoms with E-state index in [2.05, 4.69) is 21.9 Å². The van der Waals surface area contributed by atoms with Crippen molar-refractivity contribution >= 4 is 23.0 Å². The van der Waals surface area contributed by atoms with Gasteiger partial charge in [-0.15, -0.1) is 0 Å². The molecule has 29 heavy (non-hydrogen) atoms. The van der Waals surface area contributed by atoms with Gasteiger partial charge in [0.2, 0.25) is 0 Å². The van der Waals surface area contributed by atoms with Crippen LogP contribution in [0.5, 0.6) is 0 Å². The Morgan fingerprint density at radius 2 is 1.62 bits per heavy atom. The van der Waals surface area contributed by atoms with Crippen molar-refractivity contribution in [2.75, 3.05) is 60.8 Å². The number of morpholine rings is 1. The lowest BCUT2D eigenvalue weighted by atomic mass is 10.1. The summed E-state index contributed by atoms with van der Waals surface area (Å²) in [7, 11) is 0. The van der Waals surface area contributed by atoms with Crippen LogP contribution in [0.3, 0.4) is 0 Å². The van der Waals surface area contributed by atoms with Crippen molar-refractivity contribution in [2.45, 2.75) is 19.4 Å². The normalized spacial score (nSPS) is 16.9. The molecule has 0 N–H and O–H groups in total. The van der Waals surface area contributed by atoms with E-state index in [4.69, 9.17) is 4.74 Å². The topological polar surface area (TPSA) is 36.0 Å². The summed E-state index contributed by atoms with van der Waals surface area (Å²) in [5.41, 5.74) is 3.90. The Balaban J connectivity index is 1.58. The SMILES string of the molecule is O=C(CF)N(Cc1ccc(N2CCCC2)cc1)c1ccccc1N1CCOCC1. The number of ether oxygens (including phenoxy) is 1. The fourth-order valence-electron chi connectivity index (χ4n) is 4.11. The zero-order chi connectivity index (χ0) is 20.1. The molecular weight excluding hydrogens is 369 g/mol. The van der Waals surface area contributed by atoms with Crippen molar-refractivity contribution in [1.29, 1.82) is 0 Å². The van der Waals surface area contributed by atoms with Gasteiger partial charge in [-0.05, 0) is 42.7 Å². The number of hydrogen-bond donors (Lipinski definition) is 0. The van der Waals surface area contributed by atoms with Crippen LogP contribution in [0.1, 0.15) is 18.4 Å². The van der Waals surface area contributed by atoms with Crippen molar-refractivity contribution in [3.63, 3.8) is 0 Å². The molecule has 1 amide bonds. The van der Waals surface area contributed by atoms with Crippen LogP contribution in [0.25, 0.3) is 0 Å². The molecule has 2 aliphatic rings. The minimum absolute atomic E-state index is 0.352. The Bertz CT molecular complexity index is 815. The van der Waals surface area contributed by atoms with Crippen molar-refractivity contribution < 1.29 is 13.9 Å². The summed E-state index contributed by atoms with van der Waals surface area (Å²) < 4.78 is 18.9. The average molecular weight is 397 g/mol. The molecule has 2 saturated heterocycles. The minimum Gasteiger partial charge on any atom is -0.378 e. The van der Waals surface area contributed by atoms with Crippen LogP contribution in [0.15, 0.2) is 48.5 Å². The molecule has 0 spiro atoms. The molecular formula is C23H28FN3O2. The lowest BCUT2D eigenvalue weighted by Gasteiger charge is -2.33. The molecule has 2 aliphatic heterocycles. The first-order chi connectivity index (χ1) is 14.3. The highest BCUT2D eigenvalue weighted by atomic mass is 19.1. The molecule has 0 unspecified atom stereocenters. The summed E-state index contributed by atoms with van der Waals surface area (Å²) >= 11 is 0. The van der Waals surface area contributed by atoms with E-state index < -0.39 is 12.6 Å². The number of nitrogens with zero attached hydrogens (tertiary/aromatic N) is 3. The van der Waals surface area contributed by atoms with Gasteiger partial charge in [0.25, 0.3) is 5.91 Å². The minimum atomic E-state index is -1.01. The molecule has 2 aromatic rings. The predicted molar refractivity (Wildman–Crippen MR) is 115 cm³/mol. The van der Waals surface area contributed by atoms with Gasteiger partial charge >= 0.3 is 0 Å². The van der Waals surface area contributed by atoms with Crippen LogP contribution in [0.2, 0.25) is 0 Å². The molecule has 0 aromatic heterocycles. The van der Waals surface area contributed by atoms with Gasteiger partial charge < -0.3 is 19.4 Å². The second-order valence-electron chi connectivity index (χ2n) is 7.56. The molecule has 0 radical (unpaired) electrons. The van der Waals surface area contributed by atoms with Crippen LogP contribution >= 0.6 is 0 Å². The quantitative estimate of drug-likeness (QED) is 0.746. The average Bonchev–Trinajstić information content (AvgIpc) is 3.33. The van der Waals surface area contributed by atoms with Crippen molar-refractivity contribution in [1.82, 2.24) is 0 Å². The van der Waals surface area contributed by atoms with Gasteiger partial charge in [-0.1, -0.05) is 24.3 Å². The summed E-state index contributed by atoms with van der Waals surface area (Å²) in [6.07, 6.45) is 2.47. The molecule has 154 valence electrons. The smallest absolute Gasteiger partial charge is 0.258 e. The molecule has 0 atom stereocenters. The van der Waals surface area contributed by atoms with Gasteiger partial charge in [-0.25, -0.2) is 4.39 Å². The van der Waals surface area contributed by atoms with Crippen LogP contribution in [-0.4, -0.2) is 52.0 Å². The Labute approximate surface area is 171 Å². The van der Waals surface area contributed by atoms with Crippen molar-refractivity contribution in [3.05, 3.63) is 54.1 Å². The molecule has 2 aromatic carbocycles. The Kier molecular flexibility index (Phi) is 6.30. The maximum atomic E-state index is 13.4. The number of hydrogen-bond acceptors (Lipinski definition) is 4. The fourth-order valence-corrected chi connectivity index (χ4v) is 4.11. The van der Waals surface area contributed by atoms with Crippen molar-refractivity contribution in [3.8, 4) is 0 Å². The summed E-state index contributed by atoms with van der Waals surface area (Å²) in [6, 6.07) is 16.0. The third-order valence-corrected chi connectivity index (χ3v) is 5.69. The van der Waals surface area contributed by atoms with E-state index in [0.717, 1.165) is 43.1 Å². The highest BCUT2D eigenvalue weighted by Crippen LogP contribution is 2.31. The first-order valence-corrected chi connectivity index (χ1v) is 10.4. The molecule has 2 heterocycles. The molecule has 6 heteroatoms. The Morgan fingerprint density at radius 1 is 0.931 bits per heavy atom. The lowest BCUT2D eigenvalue weighted by molar-refractivity contribution is -0.119. The predicted octanol–water partition coefficient (Wildman–Crippen LogP) is 3.63. The number of halogens is 1. The maximum Gasteiger partial charge on any atom is 0.258 e. The standard InChI is InChI=1S/C23H28FN3O2/c24-17-23(28)27(18-19-7-9-20(10-8-19)25-11-3-4-12-25)22-6-2-1-5-21(22)26-13-15-29-16-14-26/h1-2,5-10H,3-4,11-18H2. The van der Waals surface area contributed by atoms with Gasteiger partial charge in [0.1, 0.15) is 0 Å².